The first-order valence-electron chi connectivity index (χ1n) is 4.74. The fourth-order valence-electron chi connectivity index (χ4n) is 0.983. The monoisotopic (exact) mass is 214 g/mol. The lowest BCUT2D eigenvalue weighted by Gasteiger charge is -2.07. The number of carbonyl (C=O) groups is 1. The van der Waals surface area contributed by atoms with Gasteiger partial charge in [0.25, 0.3) is 0 Å². The Morgan fingerprint density at radius 2 is 2.40 bits per heavy atom. The Morgan fingerprint density at radius 3 is 3.00 bits per heavy atom. The third-order valence-electron chi connectivity index (χ3n) is 1.85. The fraction of sp³-hybridized carbons (Fsp3) is 0.750. The molecule has 0 aliphatic carbocycles. The minimum Gasteiger partial charge on any atom is -0.479 e. The van der Waals surface area contributed by atoms with Gasteiger partial charge in [-0.2, -0.15) is 0 Å². The molecule has 0 spiro atoms. The Bertz CT molecular complexity index is 325. The summed E-state index contributed by atoms with van der Waals surface area (Å²) in [5.74, 6) is -0.450. The highest BCUT2D eigenvalue weighted by atomic mass is 16.5. The van der Waals surface area contributed by atoms with E-state index in [0.717, 1.165) is 6.42 Å². The molecule has 0 bridgehead atoms. The lowest BCUT2D eigenvalue weighted by Crippen LogP contribution is -2.20. The number of nitrogens with zero attached hydrogens (tertiary/aromatic N) is 4. The highest BCUT2D eigenvalue weighted by molar-refractivity contribution is 5.71. The molecule has 15 heavy (non-hydrogen) atoms. The third-order valence-corrected chi connectivity index (χ3v) is 1.85. The van der Waals surface area contributed by atoms with Crippen molar-refractivity contribution in [3.8, 4) is 0 Å². The first-order chi connectivity index (χ1) is 7.15. The molecule has 1 N–H and O–H groups in total. The fourth-order valence-corrected chi connectivity index (χ4v) is 0.983. The summed E-state index contributed by atoms with van der Waals surface area (Å²) in [5, 5.41) is 19.6. The summed E-state index contributed by atoms with van der Waals surface area (Å²) in [7, 11) is 0. The Kier molecular flexibility index (Phi) is 4.17. The summed E-state index contributed by atoms with van der Waals surface area (Å²) < 4.78 is 6.68. The first-order valence-corrected chi connectivity index (χ1v) is 4.74. The second-order valence-electron chi connectivity index (χ2n) is 3.11. The zero-order valence-electron chi connectivity index (χ0n) is 8.75. The van der Waals surface area contributed by atoms with Gasteiger partial charge in [0.1, 0.15) is 6.61 Å². The number of carboxylic acids is 1. The van der Waals surface area contributed by atoms with Gasteiger partial charge in [-0.1, -0.05) is 6.92 Å². The number of aliphatic carboxylic acids is 1. The molecule has 0 saturated carbocycles. The van der Waals surface area contributed by atoms with Gasteiger partial charge in [-0.05, 0) is 23.8 Å². The lowest BCUT2D eigenvalue weighted by atomic mass is 10.4. The molecule has 0 radical (unpaired) electrons. The van der Waals surface area contributed by atoms with Crippen LogP contribution in [-0.4, -0.2) is 37.4 Å². The second-order valence-corrected chi connectivity index (χ2v) is 3.11. The molecule has 0 aliphatic heterocycles. The van der Waals surface area contributed by atoms with E-state index < -0.39 is 12.1 Å². The van der Waals surface area contributed by atoms with Gasteiger partial charge in [0, 0.05) is 6.54 Å². The van der Waals surface area contributed by atoms with Crippen molar-refractivity contribution < 1.29 is 14.6 Å². The van der Waals surface area contributed by atoms with E-state index in [1.807, 2.05) is 6.92 Å². The van der Waals surface area contributed by atoms with Crippen molar-refractivity contribution in [3.05, 3.63) is 5.82 Å². The molecular formula is C8H14N4O3. The predicted molar refractivity (Wildman–Crippen MR) is 50.0 cm³/mol. The van der Waals surface area contributed by atoms with Crippen molar-refractivity contribution in [2.75, 3.05) is 0 Å². The quantitative estimate of drug-likeness (QED) is 0.720. The van der Waals surface area contributed by atoms with E-state index in [4.69, 9.17) is 9.84 Å². The number of tetrazole rings is 1. The average molecular weight is 214 g/mol. The third kappa shape index (κ3) is 3.28. The van der Waals surface area contributed by atoms with Crippen LogP contribution in [0.3, 0.4) is 0 Å². The van der Waals surface area contributed by atoms with Crippen molar-refractivity contribution in [1.82, 2.24) is 20.2 Å². The summed E-state index contributed by atoms with van der Waals surface area (Å²) in [5.41, 5.74) is 0. The summed E-state index contributed by atoms with van der Waals surface area (Å²) in [6, 6.07) is 0. The molecule has 1 aromatic heterocycles. The van der Waals surface area contributed by atoms with Gasteiger partial charge in [0.15, 0.2) is 11.9 Å². The van der Waals surface area contributed by atoms with Crippen LogP contribution in [0.4, 0.5) is 0 Å². The molecule has 7 nitrogen and oxygen atoms in total. The summed E-state index contributed by atoms with van der Waals surface area (Å²) in [4.78, 5) is 10.5. The maximum absolute atomic E-state index is 10.5. The highest BCUT2D eigenvalue weighted by Gasteiger charge is 2.13. The maximum atomic E-state index is 10.5. The topological polar surface area (TPSA) is 90.1 Å². The largest absolute Gasteiger partial charge is 0.479 e. The van der Waals surface area contributed by atoms with E-state index in [1.165, 1.54) is 6.92 Å². The number of aryl methyl sites for hydroxylation is 1. The minimum atomic E-state index is -0.996. The normalized spacial score (nSPS) is 12.7. The predicted octanol–water partition coefficient (Wildman–Crippen LogP) is 0.0728. The Hall–Kier alpha value is -1.50. The van der Waals surface area contributed by atoms with E-state index in [0.29, 0.717) is 12.4 Å². The molecule has 84 valence electrons. The number of aromatic nitrogens is 4. The van der Waals surface area contributed by atoms with Crippen LogP contribution in [0.25, 0.3) is 0 Å². The van der Waals surface area contributed by atoms with Gasteiger partial charge >= 0.3 is 5.97 Å². The number of rotatable bonds is 6. The number of hydrogen-bond acceptors (Lipinski definition) is 5. The van der Waals surface area contributed by atoms with Crippen LogP contribution in [0.15, 0.2) is 0 Å². The van der Waals surface area contributed by atoms with Crippen LogP contribution >= 0.6 is 0 Å². The van der Waals surface area contributed by atoms with Crippen molar-refractivity contribution >= 4 is 5.97 Å². The molecule has 0 unspecified atom stereocenters. The molecule has 0 amide bonds. The zero-order chi connectivity index (χ0) is 11.3. The van der Waals surface area contributed by atoms with E-state index in [2.05, 4.69) is 15.5 Å². The molecule has 1 heterocycles. The van der Waals surface area contributed by atoms with Crippen LogP contribution in [-0.2, 0) is 22.7 Å². The molecular weight excluding hydrogens is 200 g/mol. The summed E-state index contributed by atoms with van der Waals surface area (Å²) in [6.45, 7) is 4.29. The SMILES string of the molecule is CCCn1nnnc1CO[C@H](C)C(=O)O. The van der Waals surface area contributed by atoms with E-state index >= 15 is 0 Å². The molecule has 1 atom stereocenters. The maximum Gasteiger partial charge on any atom is 0.332 e. The van der Waals surface area contributed by atoms with Crippen molar-refractivity contribution in [3.63, 3.8) is 0 Å². The molecule has 1 aromatic rings. The van der Waals surface area contributed by atoms with E-state index in [9.17, 15) is 4.79 Å². The van der Waals surface area contributed by atoms with Crippen LogP contribution in [0.2, 0.25) is 0 Å². The van der Waals surface area contributed by atoms with Gasteiger partial charge < -0.3 is 9.84 Å². The Balaban J connectivity index is 2.49. The van der Waals surface area contributed by atoms with Gasteiger partial charge in [0.05, 0.1) is 0 Å². The molecule has 7 heteroatoms. The first kappa shape index (κ1) is 11.6. The molecule has 0 aromatic carbocycles. The summed E-state index contributed by atoms with van der Waals surface area (Å²) in [6.07, 6.45) is 0.0590. The number of ether oxygens (including phenoxy) is 1. The molecule has 0 aliphatic rings. The Labute approximate surface area is 87.0 Å². The van der Waals surface area contributed by atoms with E-state index in [1.54, 1.807) is 4.68 Å². The van der Waals surface area contributed by atoms with E-state index in [-0.39, 0.29) is 6.61 Å². The molecule has 0 fully saturated rings. The second kappa shape index (κ2) is 5.40. The standard InChI is InChI=1S/C8H14N4O3/c1-3-4-12-7(9-10-11-12)5-15-6(2)8(13)14/h6H,3-5H2,1-2H3,(H,13,14)/t6-/m1/s1. The highest BCUT2D eigenvalue weighted by Crippen LogP contribution is 2.00. The zero-order valence-corrected chi connectivity index (χ0v) is 8.75. The average Bonchev–Trinajstić information content (AvgIpc) is 2.62. The van der Waals surface area contributed by atoms with Crippen LogP contribution in [0.1, 0.15) is 26.1 Å². The lowest BCUT2D eigenvalue weighted by molar-refractivity contribution is -0.150. The van der Waals surface area contributed by atoms with Crippen molar-refractivity contribution in [1.29, 1.82) is 0 Å². The van der Waals surface area contributed by atoms with Crippen LogP contribution < -0.4 is 0 Å². The van der Waals surface area contributed by atoms with Gasteiger partial charge in [-0.3, -0.25) is 0 Å². The smallest absolute Gasteiger partial charge is 0.332 e. The van der Waals surface area contributed by atoms with Gasteiger partial charge in [-0.25, -0.2) is 9.48 Å². The van der Waals surface area contributed by atoms with Crippen molar-refractivity contribution in [2.24, 2.45) is 0 Å². The van der Waals surface area contributed by atoms with Crippen molar-refractivity contribution in [2.45, 2.75) is 39.5 Å². The van der Waals surface area contributed by atoms with Crippen LogP contribution in [0.5, 0.6) is 0 Å². The molecule has 0 saturated heterocycles. The number of hydrogen-bond donors (Lipinski definition) is 1. The summed E-state index contributed by atoms with van der Waals surface area (Å²) >= 11 is 0. The van der Waals surface area contributed by atoms with Crippen LogP contribution in [0, 0.1) is 0 Å². The number of carboxylic acid groups (broad SMARTS) is 1. The van der Waals surface area contributed by atoms with Gasteiger partial charge in [0.2, 0.25) is 0 Å². The minimum absolute atomic E-state index is 0.112. The Morgan fingerprint density at radius 1 is 1.67 bits per heavy atom. The molecule has 1 rings (SSSR count). The van der Waals surface area contributed by atoms with Gasteiger partial charge in [-0.15, -0.1) is 5.10 Å².